The van der Waals surface area contributed by atoms with E-state index in [2.05, 4.69) is 4.98 Å². The number of carbonyl (C=O) groups excluding carboxylic acids is 1. The van der Waals surface area contributed by atoms with E-state index in [-0.39, 0.29) is 48.2 Å². The van der Waals surface area contributed by atoms with Crippen LogP contribution in [0.2, 0.25) is 5.02 Å². The maximum Gasteiger partial charge on any atom is 0.269 e. The molecule has 0 atom stereocenters. The van der Waals surface area contributed by atoms with Gasteiger partial charge in [0.05, 0.1) is 16.7 Å². The third-order valence-electron chi connectivity index (χ3n) is 4.38. The zero-order valence-corrected chi connectivity index (χ0v) is 16.5. The predicted octanol–water partition coefficient (Wildman–Crippen LogP) is 4.77. The second-order valence-electron chi connectivity index (χ2n) is 6.53. The van der Waals surface area contributed by atoms with Crippen molar-refractivity contribution in [2.45, 2.75) is 19.4 Å². The van der Waals surface area contributed by atoms with Gasteiger partial charge in [-0.05, 0) is 23.8 Å². The molecular formula is C20H16ClF2N3O4. The number of benzene rings is 2. The topological polar surface area (TPSA) is 89.5 Å². The summed E-state index contributed by atoms with van der Waals surface area (Å²) in [6, 6.07) is 7.13. The van der Waals surface area contributed by atoms with Crippen LogP contribution in [-0.2, 0) is 17.8 Å². The van der Waals surface area contributed by atoms with E-state index >= 15 is 0 Å². The second kappa shape index (κ2) is 9.00. The third-order valence-corrected chi connectivity index (χ3v) is 4.75. The van der Waals surface area contributed by atoms with Gasteiger partial charge in [0.15, 0.2) is 11.7 Å². The van der Waals surface area contributed by atoms with Crippen molar-refractivity contribution in [2.24, 2.45) is 0 Å². The number of nitro benzene ring substituents is 1. The number of hydrogen-bond donors (Lipinski definition) is 0. The maximum absolute atomic E-state index is 13.8. The van der Waals surface area contributed by atoms with Crippen molar-refractivity contribution < 1.29 is 22.9 Å². The molecule has 3 rings (SSSR count). The summed E-state index contributed by atoms with van der Waals surface area (Å²) in [6.07, 6.45) is 1.52. The lowest BCUT2D eigenvalue weighted by Crippen LogP contribution is -2.26. The van der Waals surface area contributed by atoms with Crippen LogP contribution in [0, 0.1) is 21.7 Å². The largest absolute Gasteiger partial charge is 0.441 e. The summed E-state index contributed by atoms with van der Waals surface area (Å²) < 4.78 is 32.3. The molecule has 0 aliphatic heterocycles. The summed E-state index contributed by atoms with van der Waals surface area (Å²) in [5.74, 6) is -1.38. The van der Waals surface area contributed by atoms with Crippen LogP contribution in [0.5, 0.6) is 0 Å². The van der Waals surface area contributed by atoms with Crippen LogP contribution in [0.3, 0.4) is 0 Å². The molecule has 0 unspecified atom stereocenters. The van der Waals surface area contributed by atoms with Crippen molar-refractivity contribution in [1.82, 2.24) is 9.88 Å². The highest BCUT2D eigenvalue weighted by molar-refractivity contribution is 6.31. The number of non-ortho nitro benzene ring substituents is 1. The number of oxazole rings is 1. The van der Waals surface area contributed by atoms with Crippen molar-refractivity contribution in [2.75, 3.05) is 7.05 Å². The Balaban J connectivity index is 1.61. The Morgan fingerprint density at radius 2 is 2.03 bits per heavy atom. The average Bonchev–Trinajstić information content (AvgIpc) is 3.16. The van der Waals surface area contributed by atoms with Crippen molar-refractivity contribution >= 4 is 23.2 Å². The number of amides is 1. The molecule has 30 heavy (non-hydrogen) atoms. The van der Waals surface area contributed by atoms with Crippen molar-refractivity contribution in [3.8, 4) is 11.3 Å². The molecule has 0 aliphatic carbocycles. The monoisotopic (exact) mass is 435 g/mol. The number of hydrogen-bond acceptors (Lipinski definition) is 5. The summed E-state index contributed by atoms with van der Waals surface area (Å²) >= 11 is 6.07. The van der Waals surface area contributed by atoms with Gasteiger partial charge < -0.3 is 9.32 Å². The minimum atomic E-state index is -0.776. The minimum Gasteiger partial charge on any atom is -0.441 e. The molecule has 0 fully saturated rings. The van der Waals surface area contributed by atoms with E-state index < -0.39 is 16.6 Å². The Bertz CT molecular complexity index is 1100. The number of nitrogens with zero attached hydrogens (tertiary/aromatic N) is 3. The van der Waals surface area contributed by atoms with Crippen LogP contribution in [0.15, 0.2) is 47.0 Å². The van der Waals surface area contributed by atoms with Gasteiger partial charge in [0.2, 0.25) is 5.91 Å². The molecule has 0 saturated carbocycles. The van der Waals surface area contributed by atoms with Crippen molar-refractivity contribution in [3.63, 3.8) is 0 Å². The van der Waals surface area contributed by atoms with Gasteiger partial charge in [-0.2, -0.15) is 0 Å². The van der Waals surface area contributed by atoms with Gasteiger partial charge in [-0.1, -0.05) is 11.6 Å². The van der Waals surface area contributed by atoms with E-state index in [0.29, 0.717) is 10.6 Å². The van der Waals surface area contributed by atoms with Gasteiger partial charge in [-0.25, -0.2) is 13.8 Å². The standard InChI is InChI=1S/C20H16ClF2N3O4/c1-25(11-12-8-14(26(28)29)3-5-16(12)21)20(27)7-6-19-24-10-18(30-19)15-4-2-13(22)9-17(15)23/h2-5,8-10H,6-7,11H2,1H3. The van der Waals surface area contributed by atoms with Crippen LogP contribution < -0.4 is 0 Å². The normalized spacial score (nSPS) is 10.8. The highest BCUT2D eigenvalue weighted by atomic mass is 35.5. The average molecular weight is 436 g/mol. The fourth-order valence-corrected chi connectivity index (χ4v) is 2.96. The summed E-state index contributed by atoms with van der Waals surface area (Å²) in [7, 11) is 1.55. The molecule has 2 aromatic carbocycles. The molecule has 0 radical (unpaired) electrons. The van der Waals surface area contributed by atoms with Gasteiger partial charge in [0, 0.05) is 49.7 Å². The number of aryl methyl sites for hydroxylation is 1. The first-order chi connectivity index (χ1) is 14.2. The Morgan fingerprint density at radius 1 is 1.27 bits per heavy atom. The molecule has 1 heterocycles. The summed E-state index contributed by atoms with van der Waals surface area (Å²) in [4.78, 5) is 28.2. The number of halogens is 3. The summed E-state index contributed by atoms with van der Waals surface area (Å²) in [5.41, 5.74) is 0.404. The fraction of sp³-hybridized carbons (Fsp3) is 0.200. The predicted molar refractivity (Wildman–Crippen MR) is 105 cm³/mol. The first-order valence-corrected chi connectivity index (χ1v) is 9.19. The Hall–Kier alpha value is -3.33. The highest BCUT2D eigenvalue weighted by Crippen LogP contribution is 2.25. The quantitative estimate of drug-likeness (QED) is 0.394. The first-order valence-electron chi connectivity index (χ1n) is 8.81. The second-order valence-corrected chi connectivity index (χ2v) is 6.93. The molecular weight excluding hydrogens is 420 g/mol. The van der Waals surface area contributed by atoms with E-state index in [1.807, 2.05) is 0 Å². The molecule has 156 valence electrons. The Labute approximate surface area is 175 Å². The molecule has 10 heteroatoms. The summed E-state index contributed by atoms with van der Waals surface area (Å²) in [5, 5.41) is 11.2. The zero-order valence-electron chi connectivity index (χ0n) is 15.8. The number of rotatable bonds is 7. The molecule has 1 amide bonds. The van der Waals surface area contributed by atoms with Gasteiger partial charge in [0.25, 0.3) is 5.69 Å². The lowest BCUT2D eigenvalue weighted by atomic mass is 10.2. The molecule has 7 nitrogen and oxygen atoms in total. The molecule has 3 aromatic rings. The van der Waals surface area contributed by atoms with E-state index in [9.17, 15) is 23.7 Å². The van der Waals surface area contributed by atoms with Crippen LogP contribution in [-0.4, -0.2) is 27.8 Å². The lowest BCUT2D eigenvalue weighted by Gasteiger charge is -2.17. The molecule has 0 spiro atoms. The van der Waals surface area contributed by atoms with Gasteiger partial charge in [0.1, 0.15) is 11.6 Å². The van der Waals surface area contributed by atoms with Gasteiger partial charge >= 0.3 is 0 Å². The van der Waals surface area contributed by atoms with E-state index in [1.165, 1.54) is 35.4 Å². The SMILES string of the molecule is CN(Cc1cc([N+](=O)[O-])ccc1Cl)C(=O)CCc1ncc(-c2ccc(F)cc2F)o1. The van der Waals surface area contributed by atoms with Crippen LogP contribution in [0.4, 0.5) is 14.5 Å². The molecule has 0 N–H and O–H groups in total. The van der Waals surface area contributed by atoms with Crippen molar-refractivity contribution in [1.29, 1.82) is 0 Å². The molecule has 0 saturated heterocycles. The van der Waals surface area contributed by atoms with E-state index in [1.54, 1.807) is 7.05 Å². The Kier molecular flexibility index (Phi) is 6.41. The number of nitro groups is 1. The van der Waals surface area contributed by atoms with E-state index in [0.717, 1.165) is 12.1 Å². The Morgan fingerprint density at radius 3 is 2.73 bits per heavy atom. The first kappa shape index (κ1) is 21.4. The highest BCUT2D eigenvalue weighted by Gasteiger charge is 2.17. The number of carbonyl (C=O) groups is 1. The zero-order chi connectivity index (χ0) is 21.8. The number of aromatic nitrogens is 1. The lowest BCUT2D eigenvalue weighted by molar-refractivity contribution is -0.384. The smallest absolute Gasteiger partial charge is 0.269 e. The summed E-state index contributed by atoms with van der Waals surface area (Å²) in [6.45, 7) is 0.0942. The molecule has 0 aliphatic rings. The van der Waals surface area contributed by atoms with Crippen LogP contribution >= 0.6 is 11.6 Å². The minimum absolute atomic E-state index is 0.0505. The third kappa shape index (κ3) is 4.98. The van der Waals surface area contributed by atoms with Gasteiger partial charge in [-0.15, -0.1) is 0 Å². The fourth-order valence-electron chi connectivity index (χ4n) is 2.78. The van der Waals surface area contributed by atoms with E-state index in [4.69, 9.17) is 16.0 Å². The van der Waals surface area contributed by atoms with Crippen LogP contribution in [0.1, 0.15) is 17.9 Å². The molecule has 1 aromatic heterocycles. The van der Waals surface area contributed by atoms with Crippen molar-refractivity contribution in [3.05, 3.63) is 80.8 Å². The molecule has 0 bridgehead atoms. The van der Waals surface area contributed by atoms with Crippen LogP contribution in [0.25, 0.3) is 11.3 Å². The van der Waals surface area contributed by atoms with Gasteiger partial charge in [-0.3, -0.25) is 14.9 Å². The maximum atomic E-state index is 13.8.